The van der Waals surface area contributed by atoms with Gasteiger partial charge in [0.1, 0.15) is 0 Å². The highest BCUT2D eigenvalue weighted by Gasteiger charge is 2.32. The Morgan fingerprint density at radius 1 is 1.00 bits per heavy atom. The Morgan fingerprint density at radius 3 is 2.47 bits per heavy atom. The third-order valence-corrected chi connectivity index (χ3v) is 5.09. The number of fused-ring (bicyclic) bond motifs is 1. The zero-order valence-electron chi connectivity index (χ0n) is 11.8. The van der Waals surface area contributed by atoms with E-state index in [4.69, 9.17) is 11.6 Å². The number of aromatic nitrogens is 2. The highest BCUT2D eigenvalue weighted by molar-refractivity contribution is 6.31. The molecule has 0 radical (unpaired) electrons. The Bertz CT molecular complexity index is 475. The molecule has 0 bridgehead atoms. The summed E-state index contributed by atoms with van der Waals surface area (Å²) in [6, 6.07) is 0. The van der Waals surface area contributed by atoms with Gasteiger partial charge in [-0.2, -0.15) is 0 Å². The van der Waals surface area contributed by atoms with E-state index >= 15 is 0 Å². The van der Waals surface area contributed by atoms with Gasteiger partial charge in [-0.1, -0.05) is 30.9 Å². The number of halogens is 1. The fourth-order valence-corrected chi connectivity index (χ4v) is 3.85. The molecule has 2 fully saturated rings. The molecule has 1 saturated carbocycles. The van der Waals surface area contributed by atoms with Gasteiger partial charge in [0.15, 0.2) is 11.0 Å². The minimum atomic E-state index is 0.567. The van der Waals surface area contributed by atoms with E-state index < -0.39 is 0 Å². The lowest BCUT2D eigenvalue weighted by atomic mass is 9.75. The molecule has 1 saturated heterocycles. The molecule has 19 heavy (non-hydrogen) atoms. The fraction of sp³-hybridized carbons (Fsp3) is 0.733. The second-order valence-electron chi connectivity index (χ2n) is 6.05. The number of hydrogen-bond acceptors (Lipinski definition) is 3. The molecule has 1 aromatic heterocycles. The van der Waals surface area contributed by atoms with Gasteiger partial charge >= 0.3 is 0 Å². The van der Waals surface area contributed by atoms with Crippen LogP contribution in [0.2, 0.25) is 5.15 Å². The summed E-state index contributed by atoms with van der Waals surface area (Å²) in [6.07, 6.45) is 6.89. The smallest absolute Gasteiger partial charge is 0.171 e. The summed E-state index contributed by atoms with van der Waals surface area (Å²) in [5, 5.41) is 0.567. The fourth-order valence-electron chi connectivity index (χ4n) is 3.56. The zero-order chi connectivity index (χ0) is 13.4. The Hall–Kier alpha value is -0.830. The predicted molar refractivity (Wildman–Crippen MR) is 78.8 cm³/mol. The molecule has 0 aromatic carbocycles. The summed E-state index contributed by atoms with van der Waals surface area (Å²) in [6.45, 7) is 6.17. The minimum absolute atomic E-state index is 0.567. The second kappa shape index (κ2) is 5.28. The minimum Gasteiger partial charge on any atom is -0.354 e. The van der Waals surface area contributed by atoms with Crippen molar-refractivity contribution in [3.05, 3.63) is 16.5 Å². The monoisotopic (exact) mass is 279 g/mol. The summed E-state index contributed by atoms with van der Waals surface area (Å²) < 4.78 is 0. The van der Waals surface area contributed by atoms with Crippen LogP contribution in [0.3, 0.4) is 0 Å². The predicted octanol–water partition coefficient (Wildman–Crippen LogP) is 3.76. The van der Waals surface area contributed by atoms with Gasteiger partial charge in [-0.15, -0.1) is 0 Å². The summed E-state index contributed by atoms with van der Waals surface area (Å²) in [7, 11) is 0. The van der Waals surface area contributed by atoms with Crippen LogP contribution in [0.15, 0.2) is 0 Å². The lowest BCUT2D eigenvalue weighted by Gasteiger charge is -2.41. The summed E-state index contributed by atoms with van der Waals surface area (Å²) in [5.74, 6) is 2.67. The van der Waals surface area contributed by atoms with Gasteiger partial charge in [-0.25, -0.2) is 9.97 Å². The maximum Gasteiger partial charge on any atom is 0.171 e. The second-order valence-corrected chi connectivity index (χ2v) is 6.41. The van der Waals surface area contributed by atoms with Crippen molar-refractivity contribution in [2.45, 2.75) is 46.0 Å². The molecule has 0 spiro atoms. The first-order valence-corrected chi connectivity index (χ1v) is 7.78. The Labute approximate surface area is 120 Å². The average molecular weight is 280 g/mol. The van der Waals surface area contributed by atoms with Crippen molar-refractivity contribution in [3.8, 4) is 0 Å². The van der Waals surface area contributed by atoms with Crippen molar-refractivity contribution < 1.29 is 0 Å². The van der Waals surface area contributed by atoms with E-state index in [9.17, 15) is 0 Å². The van der Waals surface area contributed by atoms with E-state index in [0.717, 1.165) is 42.1 Å². The van der Waals surface area contributed by atoms with Crippen LogP contribution in [-0.4, -0.2) is 23.1 Å². The molecule has 1 aliphatic carbocycles. The SMILES string of the molecule is Cc1nc(Cl)c(N2CCC3CCCCC3C2)nc1C. The first-order chi connectivity index (χ1) is 9.15. The highest BCUT2D eigenvalue weighted by Crippen LogP contribution is 2.38. The van der Waals surface area contributed by atoms with Crippen LogP contribution in [0.4, 0.5) is 5.82 Å². The average Bonchev–Trinajstić information content (AvgIpc) is 2.42. The zero-order valence-corrected chi connectivity index (χ0v) is 12.6. The molecule has 3 rings (SSSR count). The molecule has 2 aliphatic rings. The van der Waals surface area contributed by atoms with E-state index in [1.165, 1.54) is 32.1 Å². The van der Waals surface area contributed by atoms with Crippen molar-refractivity contribution in [1.82, 2.24) is 9.97 Å². The molecule has 4 heteroatoms. The summed E-state index contributed by atoms with van der Waals surface area (Å²) >= 11 is 6.29. The van der Waals surface area contributed by atoms with Crippen molar-refractivity contribution in [2.24, 2.45) is 11.8 Å². The van der Waals surface area contributed by atoms with E-state index in [1.807, 2.05) is 13.8 Å². The first-order valence-electron chi connectivity index (χ1n) is 7.41. The Kier molecular flexibility index (Phi) is 3.66. The van der Waals surface area contributed by atoms with Gasteiger partial charge in [0.2, 0.25) is 0 Å². The number of anilines is 1. The molecule has 1 aromatic rings. The van der Waals surface area contributed by atoms with Crippen molar-refractivity contribution in [2.75, 3.05) is 18.0 Å². The first kappa shape index (κ1) is 13.2. The van der Waals surface area contributed by atoms with E-state index in [-0.39, 0.29) is 0 Å². The van der Waals surface area contributed by atoms with Crippen molar-refractivity contribution >= 4 is 17.4 Å². The van der Waals surface area contributed by atoms with Crippen molar-refractivity contribution in [1.29, 1.82) is 0 Å². The van der Waals surface area contributed by atoms with E-state index in [2.05, 4.69) is 14.9 Å². The molecule has 0 amide bonds. The normalized spacial score (nSPS) is 27.2. The van der Waals surface area contributed by atoms with Gasteiger partial charge in [0, 0.05) is 13.1 Å². The van der Waals surface area contributed by atoms with Gasteiger partial charge in [-0.3, -0.25) is 0 Å². The molecular formula is C15H22ClN3. The number of nitrogens with zero attached hydrogens (tertiary/aromatic N) is 3. The van der Waals surface area contributed by atoms with Crippen LogP contribution in [0.1, 0.15) is 43.5 Å². The molecule has 2 unspecified atom stereocenters. The van der Waals surface area contributed by atoms with Crippen LogP contribution in [0.25, 0.3) is 0 Å². The third kappa shape index (κ3) is 2.58. The highest BCUT2D eigenvalue weighted by atomic mass is 35.5. The molecule has 3 nitrogen and oxygen atoms in total. The Balaban J connectivity index is 1.81. The molecule has 104 valence electrons. The van der Waals surface area contributed by atoms with Crippen LogP contribution in [-0.2, 0) is 0 Å². The summed E-state index contributed by atoms with van der Waals surface area (Å²) in [4.78, 5) is 11.4. The van der Waals surface area contributed by atoms with Gasteiger partial charge in [0.05, 0.1) is 11.4 Å². The summed E-state index contributed by atoms with van der Waals surface area (Å²) in [5.41, 5.74) is 1.92. The van der Waals surface area contributed by atoms with Gasteiger partial charge in [-0.05, 0) is 38.5 Å². The van der Waals surface area contributed by atoms with Crippen molar-refractivity contribution in [3.63, 3.8) is 0 Å². The molecule has 2 heterocycles. The van der Waals surface area contributed by atoms with Gasteiger partial charge < -0.3 is 4.90 Å². The maximum absolute atomic E-state index is 6.29. The number of rotatable bonds is 1. The molecule has 1 aliphatic heterocycles. The Morgan fingerprint density at radius 2 is 1.68 bits per heavy atom. The molecule has 2 atom stereocenters. The molecular weight excluding hydrogens is 258 g/mol. The van der Waals surface area contributed by atoms with E-state index in [0.29, 0.717) is 5.15 Å². The quantitative estimate of drug-likeness (QED) is 0.784. The van der Waals surface area contributed by atoms with Crippen LogP contribution >= 0.6 is 11.6 Å². The number of hydrogen-bond donors (Lipinski definition) is 0. The van der Waals surface area contributed by atoms with Crippen LogP contribution in [0, 0.1) is 25.7 Å². The van der Waals surface area contributed by atoms with Gasteiger partial charge in [0.25, 0.3) is 0 Å². The topological polar surface area (TPSA) is 29.0 Å². The lowest BCUT2D eigenvalue weighted by molar-refractivity contribution is 0.202. The number of piperidine rings is 1. The third-order valence-electron chi connectivity index (χ3n) is 4.84. The van der Waals surface area contributed by atoms with Crippen LogP contribution < -0.4 is 4.90 Å². The standard InChI is InChI=1S/C15H22ClN3/c1-10-11(2)18-15(14(16)17-10)19-8-7-12-5-3-4-6-13(12)9-19/h12-13H,3-9H2,1-2H3. The largest absolute Gasteiger partial charge is 0.354 e. The van der Waals surface area contributed by atoms with E-state index in [1.54, 1.807) is 0 Å². The molecule has 0 N–H and O–H groups in total. The lowest BCUT2D eigenvalue weighted by Crippen LogP contribution is -2.42. The van der Waals surface area contributed by atoms with Crippen LogP contribution in [0.5, 0.6) is 0 Å². The number of aryl methyl sites for hydroxylation is 2. The maximum atomic E-state index is 6.29.